The molecule has 0 saturated carbocycles. The van der Waals surface area contributed by atoms with Gasteiger partial charge in [0.05, 0.1) is 47.7 Å². The van der Waals surface area contributed by atoms with Crippen LogP contribution in [0.25, 0.3) is 0 Å². The molecule has 0 radical (unpaired) electrons. The van der Waals surface area contributed by atoms with Crippen LogP contribution in [0.2, 0.25) is 0 Å². The van der Waals surface area contributed by atoms with Gasteiger partial charge in [0.25, 0.3) is 5.91 Å². The molecule has 10 heteroatoms. The topological polar surface area (TPSA) is 99.2 Å². The first-order valence-electron chi connectivity index (χ1n) is 21.1. The third-order valence-corrected chi connectivity index (χ3v) is 13.2. The van der Waals surface area contributed by atoms with Crippen molar-refractivity contribution in [2.24, 2.45) is 11.8 Å². The first-order valence-corrected chi connectivity index (χ1v) is 21.1. The quantitative estimate of drug-likeness (QED) is 0.143. The molecule has 6 atom stereocenters. The lowest BCUT2D eigenvalue weighted by Gasteiger charge is -2.49. The second kappa shape index (κ2) is 18.1. The van der Waals surface area contributed by atoms with Crippen LogP contribution < -0.4 is 18.9 Å². The summed E-state index contributed by atoms with van der Waals surface area (Å²) in [5.74, 6) is 3.83. The van der Waals surface area contributed by atoms with Crippen LogP contribution in [0.4, 0.5) is 0 Å². The summed E-state index contributed by atoms with van der Waals surface area (Å²) in [7, 11) is 6.75. The Morgan fingerprint density at radius 2 is 1.39 bits per heavy atom. The summed E-state index contributed by atoms with van der Waals surface area (Å²) in [5, 5.41) is 9.53. The molecule has 0 aliphatic carbocycles. The number of hydrogen-bond acceptors (Lipinski definition) is 9. The number of aliphatic hydroxyl groups excluding tert-OH is 1. The van der Waals surface area contributed by atoms with Crippen molar-refractivity contribution in [3.63, 3.8) is 0 Å². The number of rotatable bonds is 13. The fraction of sp³-hybridized carbons (Fsp3) is 0.449. The van der Waals surface area contributed by atoms with Gasteiger partial charge in [0.2, 0.25) is 6.29 Å². The zero-order valence-corrected chi connectivity index (χ0v) is 35.0. The minimum absolute atomic E-state index is 0.0120. The molecule has 0 spiro atoms. The number of allylic oxidation sites excluding steroid dienone is 1. The van der Waals surface area contributed by atoms with E-state index in [-0.39, 0.29) is 30.5 Å². The van der Waals surface area contributed by atoms with Crippen LogP contribution in [0.3, 0.4) is 0 Å². The fourth-order valence-corrected chi connectivity index (χ4v) is 9.98. The SMILES string of the molecule is CCC1CN2CCc3cc(OC)c(OC)cc3C2CC1CC1c2cc(OC)c(OC)cc2CCN1C(=O)C1=CC(c2ccccc2)CC(OCc2ccc(CO)cc2)O1. The van der Waals surface area contributed by atoms with Crippen molar-refractivity contribution < 1.29 is 38.3 Å². The Bertz CT molecular complexity index is 2120. The maximum atomic E-state index is 15.2. The Hall–Kier alpha value is -5.03. The maximum Gasteiger partial charge on any atom is 0.289 e. The minimum Gasteiger partial charge on any atom is -0.493 e. The van der Waals surface area contributed by atoms with Crippen molar-refractivity contribution in [3.8, 4) is 23.0 Å². The molecule has 6 unspecified atom stereocenters. The highest BCUT2D eigenvalue weighted by Gasteiger charge is 2.43. The highest BCUT2D eigenvalue weighted by Crippen LogP contribution is 2.50. The lowest BCUT2D eigenvalue weighted by molar-refractivity contribution is -0.158. The van der Waals surface area contributed by atoms with E-state index in [0.29, 0.717) is 55.1 Å². The molecular formula is C49H58N2O8. The van der Waals surface area contributed by atoms with Crippen LogP contribution in [0.1, 0.15) is 89.6 Å². The third kappa shape index (κ3) is 8.40. The van der Waals surface area contributed by atoms with Gasteiger partial charge in [-0.15, -0.1) is 0 Å². The molecule has 1 N–H and O–H groups in total. The first kappa shape index (κ1) is 40.7. The van der Waals surface area contributed by atoms with E-state index in [1.807, 2.05) is 48.5 Å². The number of carbonyl (C=O) groups excluding carboxylic acids is 1. The van der Waals surface area contributed by atoms with E-state index < -0.39 is 6.29 Å². The molecule has 0 bridgehead atoms. The van der Waals surface area contributed by atoms with Gasteiger partial charge in [0.15, 0.2) is 28.8 Å². The number of benzene rings is 4. The van der Waals surface area contributed by atoms with Gasteiger partial charge < -0.3 is 38.4 Å². The van der Waals surface area contributed by atoms with Crippen molar-refractivity contribution in [2.45, 2.75) is 83.0 Å². The molecule has 1 saturated heterocycles. The van der Waals surface area contributed by atoms with Gasteiger partial charge in [-0.3, -0.25) is 9.69 Å². The van der Waals surface area contributed by atoms with Gasteiger partial charge in [-0.25, -0.2) is 0 Å². The Kier molecular flexibility index (Phi) is 12.5. The highest BCUT2D eigenvalue weighted by atomic mass is 16.7. The average Bonchev–Trinajstić information content (AvgIpc) is 3.29. The number of piperidine rings is 1. The predicted molar refractivity (Wildman–Crippen MR) is 226 cm³/mol. The van der Waals surface area contributed by atoms with Crippen molar-refractivity contribution in [2.75, 3.05) is 48.1 Å². The zero-order chi connectivity index (χ0) is 41.0. The molecule has 8 rings (SSSR count). The molecule has 312 valence electrons. The Morgan fingerprint density at radius 3 is 2.05 bits per heavy atom. The smallest absolute Gasteiger partial charge is 0.289 e. The second-order valence-electron chi connectivity index (χ2n) is 16.4. The highest BCUT2D eigenvalue weighted by molar-refractivity contribution is 5.92. The number of amides is 1. The van der Waals surface area contributed by atoms with E-state index in [0.717, 1.165) is 72.5 Å². The van der Waals surface area contributed by atoms with Crippen LogP contribution in [0, 0.1) is 11.8 Å². The van der Waals surface area contributed by atoms with E-state index in [9.17, 15) is 5.11 Å². The van der Waals surface area contributed by atoms with Gasteiger partial charge in [0.1, 0.15) is 0 Å². The summed E-state index contributed by atoms with van der Waals surface area (Å²) in [4.78, 5) is 19.9. The molecule has 0 aromatic heterocycles. The summed E-state index contributed by atoms with van der Waals surface area (Å²) >= 11 is 0. The molecule has 59 heavy (non-hydrogen) atoms. The summed E-state index contributed by atoms with van der Waals surface area (Å²) < 4.78 is 36.1. The number of methoxy groups -OCH3 is 4. The molecule has 4 heterocycles. The molecule has 4 aromatic carbocycles. The van der Waals surface area contributed by atoms with Crippen molar-refractivity contribution in [1.29, 1.82) is 0 Å². The van der Waals surface area contributed by atoms with Crippen LogP contribution in [-0.2, 0) is 40.3 Å². The normalized spacial score (nSPS) is 23.8. The van der Waals surface area contributed by atoms with Crippen molar-refractivity contribution >= 4 is 5.91 Å². The number of hydrogen-bond donors (Lipinski definition) is 1. The Labute approximate surface area is 348 Å². The van der Waals surface area contributed by atoms with Crippen LogP contribution >= 0.6 is 0 Å². The molecule has 10 nitrogen and oxygen atoms in total. The number of nitrogens with zero attached hydrogens (tertiary/aromatic N) is 2. The Balaban J connectivity index is 1.12. The number of fused-ring (bicyclic) bond motifs is 4. The van der Waals surface area contributed by atoms with E-state index in [4.69, 9.17) is 28.4 Å². The monoisotopic (exact) mass is 802 g/mol. The van der Waals surface area contributed by atoms with E-state index in [2.05, 4.69) is 53.1 Å². The van der Waals surface area contributed by atoms with E-state index >= 15 is 4.79 Å². The van der Waals surface area contributed by atoms with Crippen LogP contribution in [-0.4, -0.2) is 75.2 Å². The average molecular weight is 803 g/mol. The number of ether oxygens (including phenoxy) is 6. The fourth-order valence-electron chi connectivity index (χ4n) is 9.98. The van der Waals surface area contributed by atoms with E-state index in [1.54, 1.807) is 28.4 Å². The zero-order valence-electron chi connectivity index (χ0n) is 35.0. The Morgan fingerprint density at radius 1 is 0.763 bits per heavy atom. The van der Waals surface area contributed by atoms with Crippen LogP contribution in [0.15, 0.2) is 90.7 Å². The second-order valence-corrected chi connectivity index (χ2v) is 16.4. The van der Waals surface area contributed by atoms with Gasteiger partial charge in [-0.2, -0.15) is 0 Å². The lowest BCUT2D eigenvalue weighted by Crippen LogP contribution is -2.48. The molecular weight excluding hydrogens is 745 g/mol. The summed E-state index contributed by atoms with van der Waals surface area (Å²) in [6, 6.07) is 26.6. The standard InChI is InChI=1S/C49H58N2O8/c1-6-33-28-50-18-16-35-22-43(54-2)45(56-4)26-39(35)41(50)20-37(33)21-42-40-27-46(57-5)44(55-3)23-36(40)17-19-51(42)49(53)47-24-38(34-10-8-7-9-11-34)25-48(59-47)58-30-32-14-12-31(29-52)13-15-32/h7-15,22-24,26-27,33,37-38,41-42,48,52H,6,16-21,25,28-30H2,1-5H3. The van der Waals surface area contributed by atoms with Crippen molar-refractivity contribution in [1.82, 2.24) is 9.80 Å². The lowest BCUT2D eigenvalue weighted by atomic mass is 9.72. The first-order chi connectivity index (χ1) is 28.8. The largest absolute Gasteiger partial charge is 0.493 e. The summed E-state index contributed by atoms with van der Waals surface area (Å²) in [5.41, 5.74) is 7.84. The minimum atomic E-state index is -0.627. The maximum absolute atomic E-state index is 15.2. The molecule has 4 aromatic rings. The number of carbonyl (C=O) groups is 1. The summed E-state index contributed by atoms with van der Waals surface area (Å²) in [6.45, 7) is 5.18. The molecule has 4 aliphatic heterocycles. The predicted octanol–water partition coefficient (Wildman–Crippen LogP) is 8.31. The third-order valence-electron chi connectivity index (χ3n) is 13.2. The van der Waals surface area contributed by atoms with Crippen molar-refractivity contribution in [3.05, 3.63) is 130 Å². The van der Waals surface area contributed by atoms with Gasteiger partial charge in [0, 0.05) is 38.0 Å². The molecule has 1 fully saturated rings. The molecule has 4 aliphatic rings. The van der Waals surface area contributed by atoms with E-state index in [1.165, 1.54) is 16.7 Å². The van der Waals surface area contributed by atoms with Gasteiger partial charge in [-0.1, -0.05) is 67.9 Å². The number of aliphatic hydroxyl groups is 1. The van der Waals surface area contributed by atoms with Crippen LogP contribution in [0.5, 0.6) is 23.0 Å². The van der Waals surface area contributed by atoms with Gasteiger partial charge >= 0.3 is 0 Å². The molecule has 1 amide bonds. The summed E-state index contributed by atoms with van der Waals surface area (Å²) in [6.07, 6.45) is 6.46. The van der Waals surface area contributed by atoms with Gasteiger partial charge in [-0.05, 0) is 107 Å².